The summed E-state index contributed by atoms with van der Waals surface area (Å²) in [6.07, 6.45) is 0. The molecule has 4 heavy (non-hydrogen) atoms. The zero-order valence-corrected chi connectivity index (χ0v) is 5.53. The summed E-state index contributed by atoms with van der Waals surface area (Å²) in [6.45, 7) is 7.00. The molecule has 0 amide bonds. The van der Waals surface area contributed by atoms with Crippen LogP contribution in [0.3, 0.4) is 0 Å². The quantitative estimate of drug-likeness (QED) is 0.297. The van der Waals surface area contributed by atoms with E-state index in [9.17, 15) is 0 Å². The van der Waals surface area contributed by atoms with Crippen LogP contribution < -0.4 is 0 Å². The Hall–Kier alpha value is 0.476. The summed E-state index contributed by atoms with van der Waals surface area (Å²) < 4.78 is 0. The van der Waals surface area contributed by atoms with Gasteiger partial charge in [0.2, 0.25) is 0 Å². The molecule has 0 saturated heterocycles. The van der Waals surface area contributed by atoms with Crippen molar-refractivity contribution in [3.63, 3.8) is 0 Å². The Balaban J connectivity index is -0.00000000500. The van der Waals surface area contributed by atoms with Crippen molar-refractivity contribution in [1.82, 2.24) is 0 Å². The first-order valence-electron chi connectivity index (χ1n) is 0.408. The van der Waals surface area contributed by atoms with Crippen LogP contribution in [-0.4, -0.2) is 11.0 Å². The van der Waals surface area contributed by atoms with E-state index in [4.69, 9.17) is 0 Å². The molecule has 0 nitrogen and oxygen atoms in total. The van der Waals surface area contributed by atoms with E-state index in [1.54, 1.807) is 0 Å². The van der Waals surface area contributed by atoms with Crippen LogP contribution in [-0.2, 0) is 17.1 Å². The van der Waals surface area contributed by atoms with Gasteiger partial charge in [0.25, 0.3) is 0 Å². The van der Waals surface area contributed by atoms with Crippen molar-refractivity contribution in [3.05, 3.63) is 13.2 Å². The van der Waals surface area contributed by atoms with E-state index >= 15 is 0 Å². The SMILES string of the molecule is [CH-]=C.[Cu+].[SiH3]. The Bertz CT molecular complexity index is 6.00. The van der Waals surface area contributed by atoms with Crippen molar-refractivity contribution in [2.24, 2.45) is 0 Å². The topological polar surface area (TPSA) is 0 Å². The number of rotatable bonds is 0. The summed E-state index contributed by atoms with van der Waals surface area (Å²) >= 11 is 0. The molecule has 0 aromatic carbocycles. The Morgan fingerprint density at radius 1 is 1.25 bits per heavy atom. The van der Waals surface area contributed by atoms with Gasteiger partial charge >= 0.3 is 17.1 Å². The molecule has 2 heteroatoms. The molecule has 0 rings (SSSR count). The first-order chi connectivity index (χ1) is 1.00. The normalized spacial score (nSPS) is 1.00. The van der Waals surface area contributed by atoms with E-state index < -0.39 is 0 Å². The van der Waals surface area contributed by atoms with Gasteiger partial charge in [0, 0.05) is 0 Å². The van der Waals surface area contributed by atoms with Gasteiger partial charge in [0.15, 0.2) is 0 Å². The van der Waals surface area contributed by atoms with Gasteiger partial charge < -0.3 is 6.58 Å². The van der Waals surface area contributed by atoms with E-state index in [1.807, 2.05) is 0 Å². The van der Waals surface area contributed by atoms with Crippen LogP contribution in [0.4, 0.5) is 0 Å². The van der Waals surface area contributed by atoms with Crippen LogP contribution in [0.1, 0.15) is 0 Å². The van der Waals surface area contributed by atoms with Crippen molar-refractivity contribution in [1.29, 1.82) is 0 Å². The zero-order chi connectivity index (χ0) is 2.00. The molecule has 0 aliphatic carbocycles. The molecule has 0 heterocycles. The smallest absolute Gasteiger partial charge is 0.521 e. The molecule has 0 aromatic rings. The fourth-order valence-electron chi connectivity index (χ4n) is 0. The largest absolute Gasteiger partial charge is 1.00 e. The summed E-state index contributed by atoms with van der Waals surface area (Å²) in [5.41, 5.74) is 0. The molecule has 0 bridgehead atoms. The average molecular weight is 122 g/mol. The molecule has 0 aromatic heterocycles. The summed E-state index contributed by atoms with van der Waals surface area (Å²) in [4.78, 5) is 0. The first kappa shape index (κ1) is 24.8. The second kappa shape index (κ2) is 93.9. The van der Waals surface area contributed by atoms with Gasteiger partial charge in [-0.3, -0.25) is 6.58 Å². The minimum Gasteiger partial charge on any atom is -0.521 e. The van der Waals surface area contributed by atoms with Crippen molar-refractivity contribution in [2.75, 3.05) is 0 Å². The van der Waals surface area contributed by atoms with Crippen LogP contribution in [0.25, 0.3) is 0 Å². The van der Waals surface area contributed by atoms with Gasteiger partial charge in [0.05, 0.1) is 0 Å². The van der Waals surface area contributed by atoms with Crippen LogP contribution in [0.15, 0.2) is 6.58 Å². The third-order valence-corrected chi connectivity index (χ3v) is 0. The van der Waals surface area contributed by atoms with Gasteiger partial charge in [-0.15, -0.1) is 0 Å². The van der Waals surface area contributed by atoms with Gasteiger partial charge in [0.1, 0.15) is 0 Å². The summed E-state index contributed by atoms with van der Waals surface area (Å²) in [6, 6.07) is 0. The van der Waals surface area contributed by atoms with Crippen molar-refractivity contribution < 1.29 is 17.1 Å². The van der Waals surface area contributed by atoms with Crippen LogP contribution in [0.2, 0.25) is 0 Å². The molecule has 0 aliphatic rings. The maximum absolute atomic E-state index is 4.25. The van der Waals surface area contributed by atoms with Crippen molar-refractivity contribution in [2.45, 2.75) is 0 Å². The van der Waals surface area contributed by atoms with E-state index in [0.29, 0.717) is 0 Å². The fourth-order valence-corrected chi connectivity index (χ4v) is 0. The summed E-state index contributed by atoms with van der Waals surface area (Å²) in [7, 11) is 0. The Kier molecular flexibility index (Phi) is 583. The third kappa shape index (κ3) is 23.8. The average Bonchev–Trinajstić information content (AvgIpc) is 1.00. The van der Waals surface area contributed by atoms with Crippen molar-refractivity contribution >= 4 is 11.0 Å². The van der Waals surface area contributed by atoms with Gasteiger partial charge in [-0.2, -0.15) is 0 Å². The maximum atomic E-state index is 4.25. The van der Waals surface area contributed by atoms with Gasteiger partial charge in [-0.05, 0) is 11.0 Å². The van der Waals surface area contributed by atoms with E-state index in [1.165, 1.54) is 0 Å². The van der Waals surface area contributed by atoms with E-state index in [-0.39, 0.29) is 28.0 Å². The molecular weight excluding hydrogens is 116 g/mol. The van der Waals surface area contributed by atoms with Gasteiger partial charge in [-0.25, -0.2) is 0 Å². The molecule has 0 spiro atoms. The van der Waals surface area contributed by atoms with Crippen LogP contribution >= 0.6 is 0 Å². The Labute approximate surface area is 41.8 Å². The van der Waals surface area contributed by atoms with E-state index in [0.717, 1.165) is 0 Å². The molecule has 0 atom stereocenters. The third-order valence-electron chi connectivity index (χ3n) is 0. The standard InChI is InChI=1S/C2H3.Cu.H3Si/c1-2;;/h1H,2H2;;1H3/q-1;+1;. The van der Waals surface area contributed by atoms with Crippen LogP contribution in [0.5, 0.6) is 0 Å². The molecule has 1 radical (unpaired) electrons. The van der Waals surface area contributed by atoms with Crippen LogP contribution in [0, 0.1) is 6.58 Å². The van der Waals surface area contributed by atoms with Crippen molar-refractivity contribution in [3.8, 4) is 0 Å². The maximum Gasteiger partial charge on any atom is 1.00 e. The second-order valence-corrected chi connectivity index (χ2v) is 0. The van der Waals surface area contributed by atoms with Gasteiger partial charge in [-0.1, -0.05) is 0 Å². The minimum absolute atomic E-state index is 0. The molecule has 0 fully saturated rings. The molecule has 0 aliphatic heterocycles. The molecule has 0 saturated carbocycles. The monoisotopic (exact) mass is 121 g/mol. The Morgan fingerprint density at radius 3 is 1.25 bits per heavy atom. The molecule has 0 N–H and O–H groups in total. The molecular formula is C2H6CuSi. The first-order valence-corrected chi connectivity index (χ1v) is 0.408. The predicted octanol–water partition coefficient (Wildman–Crippen LogP) is -0.581. The Morgan fingerprint density at radius 2 is 1.25 bits per heavy atom. The molecule has 0 unspecified atom stereocenters. The zero-order valence-electron chi connectivity index (χ0n) is 2.59. The number of hydrogen-bond donors (Lipinski definition) is 0. The summed E-state index contributed by atoms with van der Waals surface area (Å²) in [5.74, 6) is 0. The van der Waals surface area contributed by atoms with E-state index in [2.05, 4.69) is 13.2 Å². The predicted molar refractivity (Wildman–Crippen MR) is 19.9 cm³/mol. The molecule has 29 valence electrons. The minimum atomic E-state index is 0. The second-order valence-electron chi connectivity index (χ2n) is 0. The fraction of sp³-hybridized carbons (Fsp3) is 0. The number of hydrogen-bond acceptors (Lipinski definition) is 0. The summed E-state index contributed by atoms with van der Waals surface area (Å²) in [5, 5.41) is 0.